The van der Waals surface area contributed by atoms with Gasteiger partial charge in [-0.3, -0.25) is 9.69 Å². The minimum Gasteiger partial charge on any atom is -0.493 e. The molecule has 0 bridgehead atoms. The van der Waals surface area contributed by atoms with Crippen molar-refractivity contribution in [1.82, 2.24) is 9.21 Å². The molecule has 0 aliphatic carbocycles. The minimum atomic E-state index is -3.81. The molecule has 3 aromatic rings. The zero-order valence-electron chi connectivity index (χ0n) is 18.2. The smallest absolute Gasteiger partial charge is 0.268 e. The SMILES string of the molecule is C=C1CN(S(=O)(=O)c2ccc3ccccc3c2)CC(=C)N1C(=O)COc1ccccc1OC. The highest BCUT2D eigenvalue weighted by Crippen LogP contribution is 2.29. The van der Waals surface area contributed by atoms with Crippen molar-refractivity contribution in [1.29, 1.82) is 0 Å². The lowest BCUT2D eigenvalue weighted by Crippen LogP contribution is -2.48. The highest BCUT2D eigenvalue weighted by Gasteiger charge is 2.35. The molecule has 4 rings (SSSR count). The van der Waals surface area contributed by atoms with E-state index >= 15 is 0 Å². The van der Waals surface area contributed by atoms with Gasteiger partial charge in [-0.05, 0) is 35.0 Å². The lowest BCUT2D eigenvalue weighted by molar-refractivity contribution is -0.130. The number of sulfonamides is 1. The van der Waals surface area contributed by atoms with Crippen LogP contribution in [0.3, 0.4) is 0 Å². The van der Waals surface area contributed by atoms with Crippen molar-refractivity contribution in [3.8, 4) is 11.5 Å². The van der Waals surface area contributed by atoms with Gasteiger partial charge < -0.3 is 9.47 Å². The van der Waals surface area contributed by atoms with Gasteiger partial charge in [-0.25, -0.2) is 8.42 Å². The van der Waals surface area contributed by atoms with Crippen molar-refractivity contribution in [2.24, 2.45) is 0 Å². The van der Waals surface area contributed by atoms with Crippen molar-refractivity contribution in [2.75, 3.05) is 26.8 Å². The number of nitrogens with zero attached hydrogens (tertiary/aromatic N) is 2. The van der Waals surface area contributed by atoms with Crippen molar-refractivity contribution in [3.63, 3.8) is 0 Å². The molecule has 0 radical (unpaired) electrons. The predicted octanol–water partition coefficient (Wildman–Crippen LogP) is 3.79. The number of para-hydroxylation sites is 2. The summed E-state index contributed by atoms with van der Waals surface area (Å²) in [6.45, 7) is 7.51. The lowest BCUT2D eigenvalue weighted by Gasteiger charge is -2.37. The molecule has 33 heavy (non-hydrogen) atoms. The fourth-order valence-electron chi connectivity index (χ4n) is 3.77. The van der Waals surface area contributed by atoms with Crippen molar-refractivity contribution >= 4 is 26.7 Å². The number of fused-ring (bicyclic) bond motifs is 1. The number of benzene rings is 3. The summed E-state index contributed by atoms with van der Waals surface area (Å²) >= 11 is 0. The van der Waals surface area contributed by atoms with E-state index in [0.29, 0.717) is 22.9 Å². The molecule has 170 valence electrons. The van der Waals surface area contributed by atoms with Gasteiger partial charge in [-0.1, -0.05) is 55.6 Å². The zero-order valence-corrected chi connectivity index (χ0v) is 19.0. The second kappa shape index (κ2) is 9.09. The quantitative estimate of drug-likeness (QED) is 0.555. The number of methoxy groups -OCH3 is 1. The Morgan fingerprint density at radius 1 is 0.909 bits per heavy atom. The summed E-state index contributed by atoms with van der Waals surface area (Å²) in [5.74, 6) is 0.551. The molecule has 7 nitrogen and oxygen atoms in total. The van der Waals surface area contributed by atoms with Crippen molar-refractivity contribution < 1.29 is 22.7 Å². The fraction of sp³-hybridized carbons (Fsp3) is 0.160. The second-order valence-corrected chi connectivity index (χ2v) is 9.52. The molecular formula is C25H24N2O5S. The van der Waals surface area contributed by atoms with Crippen LogP contribution in [-0.2, 0) is 14.8 Å². The Morgan fingerprint density at radius 3 is 2.18 bits per heavy atom. The van der Waals surface area contributed by atoms with Crippen molar-refractivity contribution in [3.05, 3.63) is 91.3 Å². The molecule has 1 heterocycles. The topological polar surface area (TPSA) is 76.2 Å². The molecule has 1 aliphatic rings. The largest absolute Gasteiger partial charge is 0.493 e. The Morgan fingerprint density at radius 2 is 1.52 bits per heavy atom. The molecule has 8 heteroatoms. The maximum atomic E-state index is 13.3. The molecule has 0 saturated carbocycles. The van der Waals surface area contributed by atoms with Gasteiger partial charge >= 0.3 is 0 Å². The van der Waals surface area contributed by atoms with Crippen LogP contribution in [0.1, 0.15) is 0 Å². The van der Waals surface area contributed by atoms with Crippen LogP contribution in [0.5, 0.6) is 11.5 Å². The fourth-order valence-corrected chi connectivity index (χ4v) is 5.22. The third-order valence-corrected chi connectivity index (χ3v) is 7.17. The summed E-state index contributed by atoms with van der Waals surface area (Å²) in [5, 5.41) is 1.79. The molecular weight excluding hydrogens is 440 g/mol. The van der Waals surface area contributed by atoms with Gasteiger partial charge in [0.1, 0.15) is 0 Å². The monoisotopic (exact) mass is 464 g/mol. The molecule has 1 saturated heterocycles. The number of ether oxygens (including phenoxy) is 2. The van der Waals surface area contributed by atoms with Gasteiger partial charge in [-0.15, -0.1) is 0 Å². The Labute approximate surface area is 193 Å². The van der Waals surface area contributed by atoms with Crippen LogP contribution in [0.4, 0.5) is 0 Å². The van der Waals surface area contributed by atoms with Crippen LogP contribution in [0.2, 0.25) is 0 Å². The summed E-state index contributed by atoms with van der Waals surface area (Å²) < 4.78 is 38.7. The van der Waals surface area contributed by atoms with Gasteiger partial charge in [-0.2, -0.15) is 4.31 Å². The number of carbonyl (C=O) groups excluding carboxylic acids is 1. The Hall–Kier alpha value is -3.62. The number of rotatable bonds is 6. The van der Waals surface area contributed by atoms with E-state index in [1.54, 1.807) is 42.5 Å². The van der Waals surface area contributed by atoms with Gasteiger partial charge in [0.2, 0.25) is 10.0 Å². The molecule has 1 aliphatic heterocycles. The van der Waals surface area contributed by atoms with Crippen LogP contribution >= 0.6 is 0 Å². The van der Waals surface area contributed by atoms with Crippen LogP contribution in [0.15, 0.2) is 96.2 Å². The van der Waals surface area contributed by atoms with Gasteiger partial charge in [0.15, 0.2) is 18.1 Å². The number of hydrogen-bond acceptors (Lipinski definition) is 5. The van der Waals surface area contributed by atoms with E-state index < -0.39 is 15.9 Å². The number of hydrogen-bond donors (Lipinski definition) is 0. The first-order valence-corrected chi connectivity index (χ1v) is 11.7. The normalized spacial score (nSPS) is 15.0. The third-order valence-electron chi connectivity index (χ3n) is 5.38. The standard InChI is InChI=1S/C25H24N2O5S/c1-18-15-26(33(29,30)22-13-12-20-8-4-5-9-21(20)14-22)16-19(2)27(18)25(28)17-32-24-11-7-6-10-23(24)31-3/h4-14H,1-2,15-17H2,3H3. The molecule has 0 spiro atoms. The highest BCUT2D eigenvalue weighted by atomic mass is 32.2. The van der Waals surface area contributed by atoms with E-state index in [-0.39, 0.29) is 24.6 Å². The third kappa shape index (κ3) is 4.48. The van der Waals surface area contributed by atoms with Crippen LogP contribution in [0.25, 0.3) is 10.8 Å². The molecule has 1 amide bonds. The molecule has 1 fully saturated rings. The molecule has 0 N–H and O–H groups in total. The number of carbonyl (C=O) groups is 1. The highest BCUT2D eigenvalue weighted by molar-refractivity contribution is 7.89. The summed E-state index contributed by atoms with van der Waals surface area (Å²) in [6, 6.07) is 19.6. The molecule has 0 atom stereocenters. The summed E-state index contributed by atoms with van der Waals surface area (Å²) in [7, 11) is -2.29. The minimum absolute atomic E-state index is 0.0332. The van der Waals surface area contributed by atoms with E-state index in [4.69, 9.17) is 9.47 Å². The van der Waals surface area contributed by atoms with Crippen molar-refractivity contribution in [2.45, 2.75) is 4.90 Å². The first kappa shape index (κ1) is 22.6. The predicted molar refractivity (Wildman–Crippen MR) is 126 cm³/mol. The maximum absolute atomic E-state index is 13.3. The average molecular weight is 465 g/mol. The van der Waals surface area contributed by atoms with Crippen LogP contribution < -0.4 is 9.47 Å². The summed E-state index contributed by atoms with van der Waals surface area (Å²) in [6.07, 6.45) is 0. The summed E-state index contributed by atoms with van der Waals surface area (Å²) in [4.78, 5) is 14.3. The zero-order chi connectivity index (χ0) is 23.6. The second-order valence-electron chi connectivity index (χ2n) is 7.58. The van der Waals surface area contributed by atoms with E-state index in [9.17, 15) is 13.2 Å². The van der Waals surface area contributed by atoms with Gasteiger partial charge in [0, 0.05) is 11.4 Å². The number of amides is 1. The Kier molecular flexibility index (Phi) is 6.22. The maximum Gasteiger partial charge on any atom is 0.268 e. The summed E-state index contributed by atoms with van der Waals surface area (Å²) in [5.41, 5.74) is 0.619. The number of piperazine rings is 1. The van der Waals surface area contributed by atoms with Gasteiger partial charge in [0.05, 0.1) is 25.1 Å². The van der Waals surface area contributed by atoms with E-state index in [1.165, 1.54) is 16.3 Å². The van der Waals surface area contributed by atoms with E-state index in [0.717, 1.165) is 10.8 Å². The van der Waals surface area contributed by atoms with Crippen LogP contribution in [0, 0.1) is 0 Å². The lowest BCUT2D eigenvalue weighted by atomic mass is 10.1. The van der Waals surface area contributed by atoms with Crippen LogP contribution in [-0.4, -0.2) is 50.3 Å². The van der Waals surface area contributed by atoms with E-state index in [1.807, 2.05) is 24.3 Å². The molecule has 0 aromatic heterocycles. The average Bonchev–Trinajstić information content (AvgIpc) is 2.82. The first-order chi connectivity index (χ1) is 15.8. The van der Waals surface area contributed by atoms with E-state index in [2.05, 4.69) is 13.2 Å². The molecule has 0 unspecified atom stereocenters. The molecule has 3 aromatic carbocycles. The Balaban J connectivity index is 1.48. The first-order valence-electron chi connectivity index (χ1n) is 10.2. The Bertz CT molecular complexity index is 1330. The van der Waals surface area contributed by atoms with Gasteiger partial charge in [0.25, 0.3) is 5.91 Å².